The Morgan fingerprint density at radius 1 is 1.42 bits per heavy atom. The molecule has 132 valence electrons. The minimum absolute atomic E-state index is 0.0822. The van der Waals surface area contributed by atoms with Crippen LogP contribution in [0, 0.1) is 0 Å². The molecule has 0 fully saturated rings. The number of ether oxygens (including phenoxy) is 2. The number of nitrogens with zero attached hydrogens (tertiary/aromatic N) is 2. The summed E-state index contributed by atoms with van der Waals surface area (Å²) in [6, 6.07) is 2.42. The highest BCUT2D eigenvalue weighted by molar-refractivity contribution is 5.90. The van der Waals surface area contributed by atoms with Crippen LogP contribution in [0.15, 0.2) is 29.5 Å². The molecule has 0 aromatic carbocycles. The van der Waals surface area contributed by atoms with Crippen molar-refractivity contribution in [1.29, 1.82) is 0 Å². The second-order valence-electron chi connectivity index (χ2n) is 5.89. The van der Waals surface area contributed by atoms with Gasteiger partial charge in [-0.15, -0.1) is 0 Å². The smallest absolute Gasteiger partial charge is 0.408 e. The highest BCUT2D eigenvalue weighted by Crippen LogP contribution is 2.13. The van der Waals surface area contributed by atoms with Crippen LogP contribution < -0.4 is 5.32 Å². The van der Waals surface area contributed by atoms with E-state index in [1.54, 1.807) is 46.0 Å². The van der Waals surface area contributed by atoms with Gasteiger partial charge in [0.25, 0.3) is 0 Å². The molecule has 0 saturated carbocycles. The van der Waals surface area contributed by atoms with Gasteiger partial charge >= 0.3 is 12.1 Å². The van der Waals surface area contributed by atoms with E-state index in [1.807, 2.05) is 0 Å². The summed E-state index contributed by atoms with van der Waals surface area (Å²) in [6.07, 6.45) is 1.96. The van der Waals surface area contributed by atoms with Gasteiger partial charge in [0.15, 0.2) is 0 Å². The van der Waals surface area contributed by atoms with Crippen molar-refractivity contribution < 1.29 is 24.2 Å². The van der Waals surface area contributed by atoms with Crippen molar-refractivity contribution in [2.24, 2.45) is 4.99 Å². The Morgan fingerprint density at radius 2 is 2.12 bits per heavy atom. The highest BCUT2D eigenvalue weighted by Gasteiger charge is 2.26. The molecule has 1 heterocycles. The molecule has 0 aliphatic heterocycles. The molecule has 0 aliphatic rings. The largest absolute Gasteiger partial charge is 0.481 e. The van der Waals surface area contributed by atoms with Gasteiger partial charge in [-0.25, -0.2) is 9.79 Å². The molecule has 24 heavy (non-hydrogen) atoms. The second kappa shape index (κ2) is 8.85. The summed E-state index contributed by atoms with van der Waals surface area (Å²) in [7, 11) is 0. The SMILES string of the molecule is CCOC(=Nc1cccnc1)[C@@H](CC(=O)O)NC(=O)OC(C)(C)C. The van der Waals surface area contributed by atoms with Crippen LogP contribution in [0.1, 0.15) is 34.1 Å². The van der Waals surface area contributed by atoms with E-state index in [-0.39, 0.29) is 12.5 Å². The number of carboxylic acid groups (broad SMARTS) is 1. The second-order valence-corrected chi connectivity index (χ2v) is 5.89. The van der Waals surface area contributed by atoms with E-state index in [1.165, 1.54) is 6.20 Å². The third-order valence-electron chi connectivity index (χ3n) is 2.55. The van der Waals surface area contributed by atoms with Crippen LogP contribution in [0.25, 0.3) is 0 Å². The average Bonchev–Trinajstić information content (AvgIpc) is 2.44. The third kappa shape index (κ3) is 7.57. The summed E-state index contributed by atoms with van der Waals surface area (Å²) in [6.45, 7) is 7.15. The van der Waals surface area contributed by atoms with Gasteiger partial charge in [-0.3, -0.25) is 9.78 Å². The van der Waals surface area contributed by atoms with E-state index < -0.39 is 30.1 Å². The quantitative estimate of drug-likeness (QED) is 0.609. The van der Waals surface area contributed by atoms with Gasteiger partial charge < -0.3 is 19.9 Å². The van der Waals surface area contributed by atoms with Crippen LogP contribution in [0.3, 0.4) is 0 Å². The number of amides is 1. The normalized spacial score (nSPS) is 13.1. The van der Waals surface area contributed by atoms with Crippen molar-refractivity contribution in [1.82, 2.24) is 10.3 Å². The van der Waals surface area contributed by atoms with Crippen molar-refractivity contribution in [2.45, 2.75) is 45.8 Å². The van der Waals surface area contributed by atoms with Gasteiger partial charge in [0.2, 0.25) is 5.90 Å². The van der Waals surface area contributed by atoms with E-state index in [2.05, 4.69) is 15.3 Å². The Labute approximate surface area is 140 Å². The standard InChI is InChI=1S/C16H23N3O5/c1-5-23-14(18-11-7-6-8-17-10-11)12(9-13(20)21)19-15(22)24-16(2,3)4/h6-8,10,12H,5,9H2,1-4H3,(H,19,22)(H,20,21)/t12-/m1/s1. The van der Waals surface area contributed by atoms with Crippen LogP contribution in [0.4, 0.5) is 10.5 Å². The maximum Gasteiger partial charge on any atom is 0.408 e. The number of carbonyl (C=O) groups is 2. The Hall–Kier alpha value is -2.64. The fraction of sp³-hybridized carbons (Fsp3) is 0.500. The van der Waals surface area contributed by atoms with Crippen molar-refractivity contribution >= 4 is 23.6 Å². The fourth-order valence-electron chi connectivity index (χ4n) is 1.73. The number of aliphatic carboxylic acids is 1. The summed E-state index contributed by atoms with van der Waals surface area (Å²) in [5.74, 6) is -1.02. The van der Waals surface area contributed by atoms with E-state index in [0.29, 0.717) is 5.69 Å². The zero-order valence-corrected chi connectivity index (χ0v) is 14.3. The Bertz CT molecular complexity index is 581. The molecule has 0 unspecified atom stereocenters. The molecule has 0 spiro atoms. The summed E-state index contributed by atoms with van der Waals surface area (Å²) in [5.41, 5.74) is -0.216. The van der Waals surface area contributed by atoms with Gasteiger partial charge in [-0.05, 0) is 39.8 Å². The molecule has 1 aromatic rings. The molecule has 8 nitrogen and oxygen atoms in total. The fourth-order valence-corrected chi connectivity index (χ4v) is 1.73. The number of hydrogen-bond acceptors (Lipinski definition) is 6. The summed E-state index contributed by atoms with van der Waals surface area (Å²) in [4.78, 5) is 31.3. The van der Waals surface area contributed by atoms with Crippen LogP contribution in [0.2, 0.25) is 0 Å². The Morgan fingerprint density at radius 3 is 2.62 bits per heavy atom. The lowest BCUT2D eigenvalue weighted by Gasteiger charge is -2.23. The third-order valence-corrected chi connectivity index (χ3v) is 2.55. The van der Waals surface area contributed by atoms with Gasteiger partial charge in [0, 0.05) is 6.20 Å². The van der Waals surface area contributed by atoms with Crippen LogP contribution in [-0.2, 0) is 14.3 Å². The van der Waals surface area contributed by atoms with Crippen molar-refractivity contribution in [2.75, 3.05) is 6.61 Å². The summed E-state index contributed by atoms with van der Waals surface area (Å²) >= 11 is 0. The average molecular weight is 337 g/mol. The lowest BCUT2D eigenvalue weighted by Crippen LogP contribution is -2.45. The van der Waals surface area contributed by atoms with Crippen molar-refractivity contribution in [3.8, 4) is 0 Å². The molecule has 8 heteroatoms. The molecule has 0 radical (unpaired) electrons. The van der Waals surface area contributed by atoms with Gasteiger partial charge in [0.1, 0.15) is 11.6 Å². The first-order valence-corrected chi connectivity index (χ1v) is 7.54. The molecule has 2 N–H and O–H groups in total. The maximum atomic E-state index is 12.0. The van der Waals surface area contributed by atoms with Crippen molar-refractivity contribution in [3.63, 3.8) is 0 Å². The first kappa shape index (κ1) is 19.4. The van der Waals surface area contributed by atoms with E-state index >= 15 is 0 Å². The van der Waals surface area contributed by atoms with Crippen LogP contribution in [-0.4, -0.2) is 46.3 Å². The maximum absolute atomic E-state index is 12.0. The van der Waals surface area contributed by atoms with E-state index in [4.69, 9.17) is 14.6 Å². The van der Waals surface area contributed by atoms with Crippen LogP contribution >= 0.6 is 0 Å². The molecule has 1 aromatic heterocycles. The zero-order chi connectivity index (χ0) is 18.2. The minimum Gasteiger partial charge on any atom is -0.481 e. The Balaban J connectivity index is 3.02. The number of nitrogens with one attached hydrogen (secondary N) is 1. The monoisotopic (exact) mass is 337 g/mol. The molecular formula is C16H23N3O5. The predicted octanol–water partition coefficient (Wildman–Crippen LogP) is 2.52. The zero-order valence-electron chi connectivity index (χ0n) is 14.3. The van der Waals surface area contributed by atoms with Gasteiger partial charge in [-0.1, -0.05) is 0 Å². The lowest BCUT2D eigenvalue weighted by molar-refractivity contribution is -0.137. The van der Waals surface area contributed by atoms with Crippen molar-refractivity contribution in [3.05, 3.63) is 24.5 Å². The number of carboxylic acids is 1. The molecule has 0 aliphatic carbocycles. The first-order chi connectivity index (χ1) is 11.2. The molecule has 1 rings (SSSR count). The lowest BCUT2D eigenvalue weighted by atomic mass is 10.2. The number of alkyl carbamates (subject to hydrolysis) is 1. The predicted molar refractivity (Wildman–Crippen MR) is 88.4 cm³/mol. The number of aromatic nitrogens is 1. The van der Waals surface area contributed by atoms with Gasteiger partial charge in [-0.2, -0.15) is 0 Å². The Kier molecular flexibility index (Phi) is 7.16. The number of hydrogen-bond donors (Lipinski definition) is 2. The van der Waals surface area contributed by atoms with Crippen LogP contribution in [0.5, 0.6) is 0 Å². The van der Waals surface area contributed by atoms with E-state index in [0.717, 1.165) is 0 Å². The topological polar surface area (TPSA) is 110 Å². The van der Waals surface area contributed by atoms with E-state index in [9.17, 15) is 9.59 Å². The molecule has 1 atom stereocenters. The van der Waals surface area contributed by atoms with Gasteiger partial charge in [0.05, 0.1) is 24.9 Å². The molecular weight excluding hydrogens is 314 g/mol. The minimum atomic E-state index is -1.10. The highest BCUT2D eigenvalue weighted by atomic mass is 16.6. The number of aliphatic imine (C=N–C) groups is 1. The number of rotatable bonds is 6. The number of carbonyl (C=O) groups excluding carboxylic acids is 1. The molecule has 0 bridgehead atoms. The molecule has 1 amide bonds. The molecule has 0 saturated heterocycles. The number of pyridine rings is 1. The first-order valence-electron chi connectivity index (χ1n) is 7.54. The summed E-state index contributed by atoms with van der Waals surface area (Å²) < 4.78 is 10.6. The summed E-state index contributed by atoms with van der Waals surface area (Å²) in [5, 5.41) is 11.6.